The van der Waals surface area contributed by atoms with E-state index in [1.807, 2.05) is 0 Å². The van der Waals surface area contributed by atoms with E-state index >= 15 is 0 Å². The van der Waals surface area contributed by atoms with Crippen LogP contribution in [0.3, 0.4) is 0 Å². The zero-order valence-electron chi connectivity index (χ0n) is 6.06. The Morgan fingerprint density at radius 2 is 2.60 bits per heavy atom. The number of fused-ring (bicyclic) bond motifs is 1. The van der Waals surface area contributed by atoms with Crippen molar-refractivity contribution in [1.29, 1.82) is 0 Å². The van der Waals surface area contributed by atoms with Crippen LogP contribution in [-0.4, -0.2) is 25.3 Å². The third kappa shape index (κ3) is 0.991. The van der Waals surface area contributed by atoms with Crippen LogP contribution < -0.4 is 10.3 Å². The summed E-state index contributed by atoms with van der Waals surface area (Å²) in [6.07, 6.45) is 6.82. The van der Waals surface area contributed by atoms with E-state index < -0.39 is 0 Å². The van der Waals surface area contributed by atoms with Gasteiger partial charge in [-0.25, -0.2) is 4.99 Å². The van der Waals surface area contributed by atoms with Gasteiger partial charge < -0.3 is 5.32 Å². The Hall–Kier alpha value is -0.630. The van der Waals surface area contributed by atoms with Gasteiger partial charge in [-0.1, -0.05) is 6.08 Å². The van der Waals surface area contributed by atoms with E-state index in [9.17, 15) is 0 Å². The molecule has 2 aliphatic rings. The summed E-state index contributed by atoms with van der Waals surface area (Å²) in [6, 6.07) is 0.600. The van der Waals surface area contributed by atoms with Crippen LogP contribution in [0.1, 0.15) is 12.8 Å². The molecule has 0 radical (unpaired) electrons. The minimum Gasteiger partial charge on any atom is -0.310 e. The minimum absolute atomic E-state index is 0.600. The standard InChI is InChI=1S/C8H12N2/c1-2-7-3-5-9-6-8(7)10-4-1/h2,4,8-9H,1,3,5-6H2/p+1. The molecule has 0 saturated carbocycles. The second kappa shape index (κ2) is 2.54. The Morgan fingerprint density at radius 3 is 3.50 bits per heavy atom. The van der Waals surface area contributed by atoms with Gasteiger partial charge in [0.05, 0.1) is 6.54 Å². The largest absolute Gasteiger partial charge is 0.310 e. The molecule has 10 heavy (non-hydrogen) atoms. The summed E-state index contributed by atoms with van der Waals surface area (Å²) in [5, 5.41) is 3.36. The lowest BCUT2D eigenvalue weighted by Gasteiger charge is -2.20. The molecule has 1 fully saturated rings. The molecule has 0 aliphatic carbocycles. The van der Waals surface area contributed by atoms with Crippen LogP contribution in [-0.2, 0) is 0 Å². The van der Waals surface area contributed by atoms with Crippen LogP contribution in [0, 0.1) is 0 Å². The lowest BCUT2D eigenvalue weighted by atomic mass is 9.98. The molecule has 2 rings (SSSR count). The highest BCUT2D eigenvalue weighted by molar-refractivity contribution is 5.54. The van der Waals surface area contributed by atoms with Gasteiger partial charge in [0.25, 0.3) is 0 Å². The molecule has 1 saturated heterocycles. The number of allylic oxidation sites excluding steroid dienone is 1. The number of hydrogen-bond acceptors (Lipinski definition) is 1. The molecule has 1 atom stereocenters. The molecule has 0 aromatic rings. The SMILES string of the molecule is C1=[NH+]C2CNCCC2=CC1. The van der Waals surface area contributed by atoms with Gasteiger partial charge in [-0.3, -0.25) is 0 Å². The molecular weight excluding hydrogens is 124 g/mol. The topological polar surface area (TPSA) is 26.0 Å². The fourth-order valence-corrected chi connectivity index (χ4v) is 1.62. The van der Waals surface area contributed by atoms with Crippen LogP contribution in [0.15, 0.2) is 11.6 Å². The minimum atomic E-state index is 0.600. The molecule has 0 aromatic heterocycles. The van der Waals surface area contributed by atoms with Crippen LogP contribution in [0.5, 0.6) is 0 Å². The van der Waals surface area contributed by atoms with Gasteiger partial charge in [-0.05, 0) is 18.5 Å². The van der Waals surface area contributed by atoms with Gasteiger partial charge in [0.15, 0.2) is 6.04 Å². The molecule has 2 heterocycles. The Balaban J connectivity index is 2.13. The molecule has 0 spiro atoms. The number of hydrogen-bond donors (Lipinski definition) is 2. The van der Waals surface area contributed by atoms with E-state index in [4.69, 9.17) is 0 Å². The zero-order valence-corrected chi connectivity index (χ0v) is 6.06. The third-order valence-electron chi connectivity index (χ3n) is 2.20. The van der Waals surface area contributed by atoms with E-state index in [0.717, 1.165) is 19.5 Å². The maximum Gasteiger partial charge on any atom is 0.184 e. The second-order valence-corrected chi connectivity index (χ2v) is 2.89. The molecule has 1 unspecified atom stereocenters. The average molecular weight is 137 g/mol. The highest BCUT2D eigenvalue weighted by atomic mass is 14.9. The summed E-state index contributed by atoms with van der Waals surface area (Å²) >= 11 is 0. The smallest absolute Gasteiger partial charge is 0.184 e. The normalized spacial score (nSPS) is 31.2. The predicted molar refractivity (Wildman–Crippen MR) is 41.0 cm³/mol. The maximum absolute atomic E-state index is 3.37. The highest BCUT2D eigenvalue weighted by Crippen LogP contribution is 2.09. The fourth-order valence-electron chi connectivity index (χ4n) is 1.62. The highest BCUT2D eigenvalue weighted by Gasteiger charge is 2.22. The van der Waals surface area contributed by atoms with Crippen molar-refractivity contribution in [3.05, 3.63) is 11.6 Å². The first-order valence-corrected chi connectivity index (χ1v) is 3.94. The molecule has 0 amide bonds. The van der Waals surface area contributed by atoms with Gasteiger partial charge in [-0.15, -0.1) is 0 Å². The molecule has 2 nitrogen and oxygen atoms in total. The van der Waals surface area contributed by atoms with Crippen molar-refractivity contribution in [3.63, 3.8) is 0 Å². The fraction of sp³-hybridized carbons (Fsp3) is 0.625. The predicted octanol–water partition coefficient (Wildman–Crippen LogP) is -1.17. The van der Waals surface area contributed by atoms with Gasteiger partial charge in [0.2, 0.25) is 0 Å². The lowest BCUT2D eigenvalue weighted by Crippen LogP contribution is -2.81. The van der Waals surface area contributed by atoms with Crippen LogP contribution in [0.25, 0.3) is 0 Å². The summed E-state index contributed by atoms with van der Waals surface area (Å²) < 4.78 is 0. The van der Waals surface area contributed by atoms with Gasteiger partial charge in [0, 0.05) is 6.42 Å². The summed E-state index contributed by atoms with van der Waals surface area (Å²) in [5.41, 5.74) is 1.60. The van der Waals surface area contributed by atoms with Gasteiger partial charge in [-0.2, -0.15) is 0 Å². The average Bonchev–Trinajstić information content (AvgIpc) is 2.05. The van der Waals surface area contributed by atoms with Crippen molar-refractivity contribution >= 4 is 6.21 Å². The summed E-state index contributed by atoms with van der Waals surface area (Å²) in [5.74, 6) is 0. The Labute approximate surface area is 61.0 Å². The third-order valence-corrected chi connectivity index (χ3v) is 2.20. The lowest BCUT2D eigenvalue weighted by molar-refractivity contribution is -0.489. The zero-order chi connectivity index (χ0) is 6.81. The van der Waals surface area contributed by atoms with Gasteiger partial charge >= 0.3 is 0 Å². The van der Waals surface area contributed by atoms with Crippen molar-refractivity contribution in [3.8, 4) is 0 Å². The van der Waals surface area contributed by atoms with Gasteiger partial charge in [0.1, 0.15) is 6.21 Å². The maximum atomic E-state index is 3.37. The van der Waals surface area contributed by atoms with E-state index in [1.54, 1.807) is 5.57 Å². The van der Waals surface area contributed by atoms with Crippen LogP contribution >= 0.6 is 0 Å². The summed E-state index contributed by atoms with van der Waals surface area (Å²) in [7, 11) is 0. The second-order valence-electron chi connectivity index (χ2n) is 2.89. The molecule has 2 aliphatic heterocycles. The summed E-state index contributed by atoms with van der Waals surface area (Å²) in [4.78, 5) is 3.37. The molecule has 2 N–H and O–H groups in total. The molecule has 2 heteroatoms. The van der Waals surface area contributed by atoms with E-state index in [1.165, 1.54) is 6.42 Å². The number of rotatable bonds is 0. The van der Waals surface area contributed by atoms with E-state index in [2.05, 4.69) is 22.6 Å². The van der Waals surface area contributed by atoms with E-state index in [-0.39, 0.29) is 0 Å². The van der Waals surface area contributed by atoms with Crippen molar-refractivity contribution in [2.75, 3.05) is 13.1 Å². The van der Waals surface area contributed by atoms with Crippen molar-refractivity contribution in [2.45, 2.75) is 18.9 Å². The van der Waals surface area contributed by atoms with Crippen molar-refractivity contribution < 1.29 is 4.99 Å². The van der Waals surface area contributed by atoms with Crippen LogP contribution in [0.4, 0.5) is 0 Å². The quantitative estimate of drug-likeness (QED) is 0.404. The van der Waals surface area contributed by atoms with E-state index in [0.29, 0.717) is 6.04 Å². The number of piperidine rings is 1. The monoisotopic (exact) mass is 137 g/mol. The first-order valence-electron chi connectivity index (χ1n) is 3.94. The molecule has 0 bridgehead atoms. The van der Waals surface area contributed by atoms with Crippen molar-refractivity contribution in [1.82, 2.24) is 5.32 Å². The van der Waals surface area contributed by atoms with Crippen molar-refractivity contribution in [2.24, 2.45) is 0 Å². The summed E-state index contributed by atoms with van der Waals surface area (Å²) in [6.45, 7) is 2.26. The van der Waals surface area contributed by atoms with Crippen LogP contribution in [0.2, 0.25) is 0 Å². The molecular formula is C8H13N2+. The first kappa shape index (κ1) is 6.10. The first-order chi connectivity index (χ1) is 4.97. The Kier molecular flexibility index (Phi) is 1.55. The molecule has 0 aromatic carbocycles. The Bertz CT molecular complexity index is 182. The molecule has 54 valence electrons. The number of nitrogens with one attached hydrogen (secondary N) is 2. The Morgan fingerprint density at radius 1 is 1.60 bits per heavy atom.